The van der Waals surface area contributed by atoms with Gasteiger partial charge in [0.05, 0.1) is 27.3 Å². The van der Waals surface area contributed by atoms with Crippen LogP contribution < -0.4 is 25.6 Å². The van der Waals surface area contributed by atoms with E-state index < -0.39 is 34.5 Å². The summed E-state index contributed by atoms with van der Waals surface area (Å²) in [6.45, 7) is 22.7. The summed E-state index contributed by atoms with van der Waals surface area (Å²) in [7, 11) is -3.17. The molecule has 10 heteroatoms. The molecule has 2 aromatic heterocycles. The Morgan fingerprint density at radius 1 is 0.258 bits per heavy atom. The maximum absolute atomic E-state index is 6.53. The van der Waals surface area contributed by atoms with Gasteiger partial charge in [0.25, 0.3) is 0 Å². The summed E-state index contributed by atoms with van der Waals surface area (Å²) in [6, 6.07) is 141. The van der Waals surface area contributed by atoms with Crippen LogP contribution in [0.5, 0.6) is 0 Å². The van der Waals surface area contributed by atoms with Crippen molar-refractivity contribution in [3.8, 4) is 55.6 Å². The van der Waals surface area contributed by atoms with Crippen molar-refractivity contribution in [3.63, 3.8) is 0 Å². The number of anilines is 6. The number of nitrogens with zero attached hydrogens (tertiary/aromatic N) is 4. The fraction of sp³-hybridized carbons (Fsp3) is 0.105. The SMILES string of the molecule is CC1(C)OB(c2ccc3c(-c4ccc5ccccc5c4)c4ccccc4c(-c4ccc5ccccc5c4)c3c2)OC1(C)C.C[Si](C)(C)c1ccc(N(c2ccc(-c3ccc4c(-c5ccc6ccccc6c5)c5ccccc5c(-c5ccc6ccccc6c5)c4c3)cc2)c2ccccn2)cc1.C[Si](C)(C)c1ccc(N(c2ccc(Br)cc2)c2ccccn2)cc1. The van der Waals surface area contributed by atoms with Crippen molar-refractivity contribution in [2.24, 2.45) is 0 Å². The van der Waals surface area contributed by atoms with Gasteiger partial charge in [0.1, 0.15) is 11.6 Å². The second-order valence-electron chi connectivity index (χ2n) is 35.7. The van der Waals surface area contributed by atoms with Crippen LogP contribution in [0.1, 0.15) is 27.7 Å². The lowest BCUT2D eigenvalue weighted by Crippen LogP contribution is -2.41. The minimum absolute atomic E-state index is 0.409. The van der Waals surface area contributed by atoms with Crippen molar-refractivity contribution in [2.75, 3.05) is 9.80 Å². The molecule has 0 atom stereocenters. The van der Waals surface area contributed by atoms with E-state index in [1.54, 1.807) is 0 Å². The Morgan fingerprint density at radius 3 is 0.887 bits per heavy atom. The molecule has 602 valence electrons. The second kappa shape index (κ2) is 33.2. The first kappa shape index (κ1) is 80.6. The molecule has 1 aliphatic heterocycles. The highest BCUT2D eigenvalue weighted by Gasteiger charge is 2.52. The Labute approximate surface area is 738 Å². The third-order valence-corrected chi connectivity index (χ3v) is 29.7. The molecule has 124 heavy (non-hydrogen) atoms. The van der Waals surface area contributed by atoms with E-state index in [0.717, 1.165) is 44.3 Å². The number of hydrogen-bond acceptors (Lipinski definition) is 6. The zero-order valence-electron chi connectivity index (χ0n) is 71.7. The molecule has 0 spiro atoms. The molecule has 0 unspecified atom stereocenters. The minimum Gasteiger partial charge on any atom is -0.399 e. The van der Waals surface area contributed by atoms with E-state index in [1.165, 1.54) is 152 Å². The number of benzene rings is 18. The van der Waals surface area contributed by atoms with Gasteiger partial charge >= 0.3 is 7.12 Å². The number of fused-ring (bicyclic) bond motifs is 8. The molecule has 1 aliphatic rings. The van der Waals surface area contributed by atoms with E-state index in [-0.39, 0.29) is 0 Å². The Balaban J connectivity index is 0.000000132. The van der Waals surface area contributed by atoms with Gasteiger partial charge in [-0.15, -0.1) is 0 Å². The van der Waals surface area contributed by atoms with E-state index in [2.05, 4.69) is 462 Å². The maximum Gasteiger partial charge on any atom is 0.494 e. The number of pyridine rings is 2. The molecule has 0 N–H and O–H groups in total. The Kier molecular flexibility index (Phi) is 21.6. The highest BCUT2D eigenvalue weighted by atomic mass is 79.9. The molecular formula is C114H96BBrN4O2Si2. The molecule has 0 amide bonds. The van der Waals surface area contributed by atoms with Gasteiger partial charge in [-0.1, -0.05) is 339 Å². The van der Waals surface area contributed by atoms with Crippen molar-refractivity contribution < 1.29 is 9.31 Å². The molecule has 20 aromatic rings. The minimum atomic E-state index is -1.44. The standard InChI is InChI=1S/C54H42N2Si.C40H33BO2.C20H21BrN2Si/c1-57(2,3)47-30-28-46(29-31-47)56(52-18-10-11-33-55-52)45-26-23-39(24-27-45)42-25-32-50-51(36-42)54(44-22-20-38-13-5-7-15-41(38)35-44)49-17-9-8-16-48(49)53(50)43-21-19-37-12-4-6-14-40(37)34-43;1-39(2)40(3,4)43-41(42-39)32-21-22-35-36(25-32)38(31-20-18-27-12-6-8-14-29(27)24-31)34-16-10-9-15-33(34)37(35)30-19-17-26-11-5-7-13-28(26)23-30;1-24(2,3)19-13-11-18(12-14-19)23(20-6-4-5-15-22-20)17-9-7-16(21)8-10-17/h4-36H,1-3H3;5-25H,1-4H3;4-15H,1-3H3. The first-order valence-corrected chi connectivity index (χ1v) is 50.7. The first-order valence-electron chi connectivity index (χ1n) is 42.9. The van der Waals surface area contributed by atoms with Gasteiger partial charge < -0.3 is 9.31 Å². The number of aromatic nitrogens is 2. The van der Waals surface area contributed by atoms with Gasteiger partial charge in [-0.25, -0.2) is 9.97 Å². The quantitative estimate of drug-likeness (QED) is 0.0799. The summed E-state index contributed by atoms with van der Waals surface area (Å²) in [4.78, 5) is 13.8. The third-order valence-electron chi connectivity index (χ3n) is 25.0. The van der Waals surface area contributed by atoms with Crippen molar-refractivity contribution in [3.05, 3.63) is 405 Å². The maximum atomic E-state index is 6.53. The van der Waals surface area contributed by atoms with Gasteiger partial charge in [-0.3, -0.25) is 9.80 Å². The fourth-order valence-corrected chi connectivity index (χ4v) is 20.3. The highest BCUT2D eigenvalue weighted by molar-refractivity contribution is 9.10. The van der Waals surface area contributed by atoms with E-state index in [1.807, 2.05) is 36.7 Å². The van der Waals surface area contributed by atoms with E-state index in [9.17, 15) is 0 Å². The summed E-state index contributed by atoms with van der Waals surface area (Å²) < 4.78 is 14.1. The summed E-state index contributed by atoms with van der Waals surface area (Å²) in [6.07, 6.45) is 3.70. The summed E-state index contributed by atoms with van der Waals surface area (Å²) in [5.74, 6) is 1.81. The van der Waals surface area contributed by atoms with Crippen LogP contribution in [0.2, 0.25) is 39.3 Å². The van der Waals surface area contributed by atoms with E-state index in [4.69, 9.17) is 14.3 Å². The zero-order valence-corrected chi connectivity index (χ0v) is 75.3. The zero-order chi connectivity index (χ0) is 85.0. The van der Waals surface area contributed by atoms with Gasteiger partial charge in [0, 0.05) is 39.6 Å². The molecule has 1 fully saturated rings. The van der Waals surface area contributed by atoms with Crippen molar-refractivity contribution in [1.29, 1.82) is 0 Å². The topological polar surface area (TPSA) is 50.7 Å². The van der Waals surface area contributed by atoms with Crippen LogP contribution in [-0.4, -0.2) is 44.4 Å². The molecule has 0 aliphatic carbocycles. The molecule has 21 rings (SSSR count). The van der Waals surface area contributed by atoms with Crippen LogP contribution in [0, 0.1) is 0 Å². The Hall–Kier alpha value is -13.2. The fourth-order valence-electron chi connectivity index (χ4n) is 17.7. The largest absolute Gasteiger partial charge is 0.494 e. The summed E-state index contributed by atoms with van der Waals surface area (Å²) >= 11 is 3.51. The molecule has 6 nitrogen and oxygen atoms in total. The normalized spacial score (nSPS) is 13.2. The van der Waals surface area contributed by atoms with Crippen LogP contribution in [0.25, 0.3) is 142 Å². The summed E-state index contributed by atoms with van der Waals surface area (Å²) in [5.41, 5.74) is 16.8. The average Bonchev–Trinajstić information content (AvgIpc) is 0.804. The summed E-state index contributed by atoms with van der Waals surface area (Å²) in [5, 5.41) is 22.7. The average molecular weight is 1700 g/mol. The molecule has 18 aromatic carbocycles. The molecule has 0 radical (unpaired) electrons. The molecule has 3 heterocycles. The van der Waals surface area contributed by atoms with Crippen LogP contribution in [0.3, 0.4) is 0 Å². The first-order chi connectivity index (χ1) is 60.1. The number of rotatable bonds is 14. The lowest BCUT2D eigenvalue weighted by molar-refractivity contribution is 0.00578. The third kappa shape index (κ3) is 15.9. The van der Waals surface area contributed by atoms with Gasteiger partial charge in [0.15, 0.2) is 0 Å². The molecule has 0 bridgehead atoms. The van der Waals surface area contributed by atoms with Crippen LogP contribution in [0.15, 0.2) is 405 Å². The van der Waals surface area contributed by atoms with Crippen LogP contribution >= 0.6 is 15.9 Å². The second-order valence-corrected chi connectivity index (χ2v) is 46.7. The highest BCUT2D eigenvalue weighted by Crippen LogP contribution is 2.49. The predicted molar refractivity (Wildman–Crippen MR) is 541 cm³/mol. The van der Waals surface area contributed by atoms with Crippen LogP contribution in [-0.2, 0) is 9.31 Å². The van der Waals surface area contributed by atoms with Crippen molar-refractivity contribution in [1.82, 2.24) is 9.97 Å². The Morgan fingerprint density at radius 2 is 0.540 bits per heavy atom. The molecule has 1 saturated heterocycles. The van der Waals surface area contributed by atoms with E-state index in [0.29, 0.717) is 0 Å². The Bertz CT molecular complexity index is 7390. The van der Waals surface area contributed by atoms with Crippen LogP contribution in [0.4, 0.5) is 34.4 Å². The number of hydrogen-bond donors (Lipinski definition) is 0. The van der Waals surface area contributed by atoms with Gasteiger partial charge in [-0.2, -0.15) is 0 Å². The lowest BCUT2D eigenvalue weighted by Gasteiger charge is -2.32. The monoisotopic (exact) mass is 1700 g/mol. The number of halogens is 1. The smallest absolute Gasteiger partial charge is 0.399 e. The van der Waals surface area contributed by atoms with E-state index >= 15 is 0 Å². The predicted octanol–water partition coefficient (Wildman–Crippen LogP) is 30.5. The molecular weight excluding hydrogens is 1600 g/mol. The van der Waals surface area contributed by atoms with Gasteiger partial charge in [-0.05, 0) is 290 Å². The lowest BCUT2D eigenvalue weighted by atomic mass is 9.76. The molecule has 0 saturated carbocycles. The van der Waals surface area contributed by atoms with Crippen molar-refractivity contribution >= 4 is 176 Å². The van der Waals surface area contributed by atoms with Crippen molar-refractivity contribution in [2.45, 2.75) is 78.2 Å². The van der Waals surface area contributed by atoms with Gasteiger partial charge in [0.2, 0.25) is 0 Å².